The molecular formula is C17H13N3O5. The second kappa shape index (κ2) is 5.79. The van der Waals surface area contributed by atoms with Crippen LogP contribution in [0.15, 0.2) is 32.4 Å². The van der Waals surface area contributed by atoms with Crippen molar-refractivity contribution in [1.82, 2.24) is 9.55 Å². The second-order valence-electron chi connectivity index (χ2n) is 5.63. The van der Waals surface area contributed by atoms with Crippen molar-refractivity contribution in [3.8, 4) is 6.07 Å². The van der Waals surface area contributed by atoms with Crippen molar-refractivity contribution < 1.29 is 14.3 Å². The van der Waals surface area contributed by atoms with Gasteiger partial charge >= 0.3 is 11.7 Å². The number of aromatic nitrogens is 2. The Hall–Kier alpha value is -3.60. The van der Waals surface area contributed by atoms with Gasteiger partial charge in [-0.05, 0) is 36.6 Å². The van der Waals surface area contributed by atoms with E-state index in [1.807, 2.05) is 6.07 Å². The number of nitriles is 1. The first-order valence-electron chi connectivity index (χ1n) is 7.32. The van der Waals surface area contributed by atoms with Crippen LogP contribution in [0.4, 0.5) is 0 Å². The molecule has 3 aromatic rings. The molecule has 0 saturated carbocycles. The highest BCUT2D eigenvalue weighted by atomic mass is 16.4. The highest BCUT2D eigenvalue weighted by molar-refractivity contribution is 5.90. The summed E-state index contributed by atoms with van der Waals surface area (Å²) in [5, 5.41) is 18.3. The molecule has 0 aliphatic heterocycles. The van der Waals surface area contributed by atoms with Gasteiger partial charge in [-0.15, -0.1) is 0 Å². The fraction of sp³-hybridized carbons (Fsp3) is 0.176. The summed E-state index contributed by atoms with van der Waals surface area (Å²) in [6, 6.07) is 5.00. The number of hydrogen-bond acceptors (Lipinski definition) is 5. The number of H-pyrrole nitrogens is 1. The van der Waals surface area contributed by atoms with Crippen LogP contribution in [0.5, 0.6) is 0 Å². The lowest BCUT2D eigenvalue weighted by molar-refractivity contribution is 0.0696. The van der Waals surface area contributed by atoms with Crippen LogP contribution in [0.1, 0.15) is 32.6 Å². The average Bonchev–Trinajstić information content (AvgIpc) is 2.98. The first-order chi connectivity index (χ1) is 11.8. The highest BCUT2D eigenvalue weighted by Crippen LogP contribution is 2.21. The monoisotopic (exact) mass is 339 g/mol. The Bertz CT molecular complexity index is 1170. The lowest BCUT2D eigenvalue weighted by Gasteiger charge is -2.14. The van der Waals surface area contributed by atoms with Gasteiger partial charge in [0.25, 0.3) is 5.56 Å². The van der Waals surface area contributed by atoms with Crippen molar-refractivity contribution in [3.63, 3.8) is 0 Å². The third-order valence-corrected chi connectivity index (χ3v) is 4.21. The zero-order valence-corrected chi connectivity index (χ0v) is 13.4. The van der Waals surface area contributed by atoms with Crippen molar-refractivity contribution in [2.24, 2.45) is 0 Å². The van der Waals surface area contributed by atoms with Crippen molar-refractivity contribution >= 4 is 17.1 Å². The maximum absolute atomic E-state index is 12.2. The Morgan fingerprint density at radius 3 is 2.72 bits per heavy atom. The Morgan fingerprint density at radius 1 is 1.36 bits per heavy atom. The van der Waals surface area contributed by atoms with Crippen LogP contribution >= 0.6 is 0 Å². The standard InChI is InChI=1S/C17H13N3O5/c1-8-3-4-11(16(22)23)9(2)12(8)6-20-15-13(10(5-18)7-25-15)14(21)19-17(20)24/h3-4,7H,6H2,1-2H3,(H,22,23)(H,19,21,24). The normalized spacial score (nSPS) is 10.8. The molecule has 126 valence electrons. The maximum atomic E-state index is 12.2. The van der Waals surface area contributed by atoms with Gasteiger partial charge in [0, 0.05) is 0 Å². The molecule has 2 aromatic heterocycles. The van der Waals surface area contributed by atoms with Crippen LogP contribution < -0.4 is 11.2 Å². The van der Waals surface area contributed by atoms with Gasteiger partial charge in [0.2, 0.25) is 5.71 Å². The van der Waals surface area contributed by atoms with E-state index in [9.17, 15) is 19.5 Å². The van der Waals surface area contributed by atoms with Gasteiger partial charge in [0.15, 0.2) is 0 Å². The molecule has 1 aromatic carbocycles. The first-order valence-corrected chi connectivity index (χ1v) is 7.32. The van der Waals surface area contributed by atoms with E-state index in [-0.39, 0.29) is 28.8 Å². The Kier molecular flexibility index (Phi) is 3.77. The van der Waals surface area contributed by atoms with Crippen LogP contribution in [-0.2, 0) is 6.54 Å². The molecule has 0 atom stereocenters. The summed E-state index contributed by atoms with van der Waals surface area (Å²) in [4.78, 5) is 37.7. The number of aryl methyl sites for hydroxylation is 1. The summed E-state index contributed by atoms with van der Waals surface area (Å²) in [5.74, 6) is -1.07. The number of rotatable bonds is 3. The molecule has 0 aliphatic carbocycles. The molecule has 0 radical (unpaired) electrons. The first kappa shape index (κ1) is 16.3. The number of aromatic carboxylic acids is 1. The van der Waals surface area contributed by atoms with Crippen molar-refractivity contribution in [3.05, 3.63) is 67.1 Å². The number of fused-ring (bicyclic) bond motifs is 1. The molecule has 3 rings (SSSR count). The van der Waals surface area contributed by atoms with Crippen LogP contribution in [0, 0.1) is 25.2 Å². The van der Waals surface area contributed by atoms with Crippen molar-refractivity contribution in [2.75, 3.05) is 0 Å². The minimum absolute atomic E-state index is 0.00326. The number of benzene rings is 1. The molecule has 8 heteroatoms. The number of nitrogens with zero attached hydrogens (tertiary/aromatic N) is 2. The largest absolute Gasteiger partial charge is 0.478 e. The third-order valence-electron chi connectivity index (χ3n) is 4.21. The summed E-state index contributed by atoms with van der Waals surface area (Å²) in [7, 11) is 0. The van der Waals surface area contributed by atoms with Gasteiger partial charge in [-0.1, -0.05) is 6.07 Å². The molecular weight excluding hydrogens is 326 g/mol. The van der Waals surface area contributed by atoms with Crippen molar-refractivity contribution in [1.29, 1.82) is 5.26 Å². The number of carboxylic acids is 1. The van der Waals surface area contributed by atoms with Gasteiger partial charge in [-0.25, -0.2) is 9.59 Å². The van der Waals surface area contributed by atoms with Crippen molar-refractivity contribution in [2.45, 2.75) is 20.4 Å². The zero-order chi connectivity index (χ0) is 18.3. The molecule has 2 N–H and O–H groups in total. The number of aromatic amines is 1. The summed E-state index contributed by atoms with van der Waals surface area (Å²) in [5.41, 5.74) is 0.677. The van der Waals surface area contributed by atoms with E-state index >= 15 is 0 Å². The number of carbonyl (C=O) groups is 1. The second-order valence-corrected chi connectivity index (χ2v) is 5.63. The topological polar surface area (TPSA) is 129 Å². The predicted octanol–water partition coefficient (Wildman–Crippen LogP) is 1.52. The van der Waals surface area contributed by atoms with Crippen LogP contribution in [0.3, 0.4) is 0 Å². The fourth-order valence-electron chi connectivity index (χ4n) is 2.84. The van der Waals surface area contributed by atoms with E-state index in [1.54, 1.807) is 19.9 Å². The SMILES string of the molecule is Cc1ccc(C(=O)O)c(C)c1Cn1c(=O)[nH]c(=O)c2c(C#N)coc21. The van der Waals surface area contributed by atoms with Gasteiger partial charge in [0.05, 0.1) is 12.1 Å². The molecule has 0 fully saturated rings. The molecule has 0 aliphatic rings. The summed E-state index contributed by atoms with van der Waals surface area (Å²) in [6.07, 6.45) is 1.11. The van der Waals surface area contributed by atoms with E-state index in [4.69, 9.17) is 9.68 Å². The lowest BCUT2D eigenvalue weighted by atomic mass is 9.97. The minimum atomic E-state index is -1.07. The van der Waals surface area contributed by atoms with E-state index in [0.717, 1.165) is 11.8 Å². The molecule has 0 bridgehead atoms. The van der Waals surface area contributed by atoms with E-state index in [2.05, 4.69) is 4.98 Å². The molecule has 0 unspecified atom stereocenters. The summed E-state index contributed by atoms with van der Waals surface area (Å²) < 4.78 is 6.45. The van der Waals surface area contributed by atoms with Gasteiger partial charge < -0.3 is 9.52 Å². The van der Waals surface area contributed by atoms with E-state index in [0.29, 0.717) is 11.1 Å². The Morgan fingerprint density at radius 2 is 2.08 bits per heavy atom. The summed E-state index contributed by atoms with van der Waals surface area (Å²) >= 11 is 0. The third kappa shape index (κ3) is 2.52. The Labute approximate surface area is 140 Å². The van der Waals surface area contributed by atoms with Crippen LogP contribution in [0.25, 0.3) is 11.1 Å². The lowest BCUT2D eigenvalue weighted by Crippen LogP contribution is -2.30. The van der Waals surface area contributed by atoms with E-state index < -0.39 is 17.2 Å². The van der Waals surface area contributed by atoms with E-state index in [1.165, 1.54) is 10.6 Å². The van der Waals surface area contributed by atoms with Gasteiger partial charge in [0.1, 0.15) is 23.3 Å². The van der Waals surface area contributed by atoms with Crippen LogP contribution in [0.2, 0.25) is 0 Å². The average molecular weight is 339 g/mol. The number of hydrogen-bond donors (Lipinski definition) is 2. The minimum Gasteiger partial charge on any atom is -0.478 e. The quantitative estimate of drug-likeness (QED) is 0.744. The number of nitrogens with one attached hydrogen (secondary N) is 1. The fourth-order valence-corrected chi connectivity index (χ4v) is 2.84. The zero-order valence-electron chi connectivity index (χ0n) is 13.4. The number of furan rings is 1. The Balaban J connectivity index is 2.27. The molecule has 0 amide bonds. The number of carboxylic acid groups (broad SMARTS) is 1. The molecule has 0 saturated heterocycles. The predicted molar refractivity (Wildman–Crippen MR) is 87.8 cm³/mol. The van der Waals surface area contributed by atoms with Crippen LogP contribution in [-0.4, -0.2) is 20.6 Å². The highest BCUT2D eigenvalue weighted by Gasteiger charge is 2.18. The van der Waals surface area contributed by atoms with Gasteiger partial charge in [-0.2, -0.15) is 5.26 Å². The molecule has 0 spiro atoms. The molecule has 8 nitrogen and oxygen atoms in total. The maximum Gasteiger partial charge on any atom is 0.335 e. The molecule has 25 heavy (non-hydrogen) atoms. The molecule has 2 heterocycles. The summed E-state index contributed by atoms with van der Waals surface area (Å²) in [6.45, 7) is 3.45. The van der Waals surface area contributed by atoms with Gasteiger partial charge in [-0.3, -0.25) is 14.3 Å². The smallest absolute Gasteiger partial charge is 0.335 e.